The predicted octanol–water partition coefficient (Wildman–Crippen LogP) is 10.7. The van der Waals surface area contributed by atoms with Crippen molar-refractivity contribution in [3.05, 3.63) is 96.0 Å². The zero-order valence-electron chi connectivity index (χ0n) is 37.5. The Morgan fingerprint density at radius 1 is 0.676 bits per heavy atom. The Morgan fingerprint density at radius 3 is 1.74 bits per heavy atom. The van der Waals surface area contributed by atoms with Gasteiger partial charge in [-0.15, -0.1) is 79.4 Å². The lowest BCUT2D eigenvalue weighted by Gasteiger charge is -2.37. The smallest absolute Gasteiger partial charge is 0.223 e. The summed E-state index contributed by atoms with van der Waals surface area (Å²) in [5, 5.41) is 33.9. The lowest BCUT2D eigenvalue weighted by Crippen LogP contribution is -2.59. The summed E-state index contributed by atoms with van der Waals surface area (Å²) in [4.78, 5) is 34.9. The molecule has 346 valence electrons. The fraction of sp³-hybridized carbons (Fsp3) is 0.300. The van der Waals surface area contributed by atoms with E-state index in [2.05, 4.69) is 85.5 Å². The van der Waals surface area contributed by atoms with E-state index in [1.54, 1.807) is 58.4 Å². The molecular weight excluding hydrogens is 1090 g/mol. The molecule has 3 spiro atoms. The van der Waals surface area contributed by atoms with E-state index in [1.165, 1.54) is 98.9 Å². The number of aldehydes is 1. The van der Waals surface area contributed by atoms with Gasteiger partial charge in [-0.1, -0.05) is 37.5 Å². The second kappa shape index (κ2) is 17.9. The van der Waals surface area contributed by atoms with Crippen molar-refractivity contribution >= 4 is 189 Å². The number of aliphatic hydroxyl groups excluding tert-OH is 2. The number of thiophene rings is 6. The molecule has 68 heavy (non-hydrogen) atoms. The maximum absolute atomic E-state index is 11.1. The highest BCUT2D eigenvalue weighted by Crippen LogP contribution is 2.51. The molecule has 2 N–H and O–H groups in total. The fourth-order valence-electron chi connectivity index (χ4n) is 11.3. The minimum absolute atomic E-state index is 0.173. The average Bonchev–Trinajstić information content (AvgIpc) is 4.13. The SMILES string of the molecule is Brc1cc2c(s1)-c1sccc1[Si]21CCC1.CN(CCO)c1cc2c(s1)-c1sc(C=O)cc1[Si]21CCC1.[C-]#[N+]/C(=C\c1cc2c(s1)-c1sc(N(C)CCO)cc1[Si]21CCC1)c1nc2ccccc2s1. The molecule has 8 aromatic rings. The van der Waals surface area contributed by atoms with Gasteiger partial charge in [0.25, 0.3) is 0 Å². The van der Waals surface area contributed by atoms with Gasteiger partial charge in [0.15, 0.2) is 6.29 Å². The first-order valence-corrected chi connectivity index (χ1v) is 37.0. The third kappa shape index (κ3) is 7.12. The average molecular weight is 1140 g/mol. The summed E-state index contributed by atoms with van der Waals surface area (Å²) in [5.41, 5.74) is 1.59. The molecule has 7 nitrogen and oxygen atoms in total. The van der Waals surface area contributed by atoms with E-state index >= 15 is 0 Å². The molecule has 6 aliphatic rings. The normalized spacial score (nSPS) is 17.4. The van der Waals surface area contributed by atoms with Crippen molar-refractivity contribution in [1.82, 2.24) is 4.98 Å². The summed E-state index contributed by atoms with van der Waals surface area (Å²) >= 11 is 16.3. The van der Waals surface area contributed by atoms with Crippen LogP contribution in [0.15, 0.2) is 69.8 Å². The summed E-state index contributed by atoms with van der Waals surface area (Å²) < 4.78 is 2.44. The molecule has 0 saturated carbocycles. The number of para-hydroxylation sites is 1. The van der Waals surface area contributed by atoms with Crippen LogP contribution in [0.1, 0.15) is 38.8 Å². The molecule has 0 bridgehead atoms. The van der Waals surface area contributed by atoms with E-state index in [0.29, 0.717) is 18.8 Å². The van der Waals surface area contributed by atoms with E-state index < -0.39 is 24.2 Å². The van der Waals surface area contributed by atoms with E-state index in [1.807, 2.05) is 88.0 Å². The van der Waals surface area contributed by atoms with Gasteiger partial charge in [0.2, 0.25) is 5.70 Å². The van der Waals surface area contributed by atoms with E-state index in [0.717, 1.165) is 26.4 Å². The largest absolute Gasteiger partial charge is 0.395 e. The molecule has 0 amide bonds. The van der Waals surface area contributed by atoms with Crippen LogP contribution >= 0.6 is 95.3 Å². The summed E-state index contributed by atoms with van der Waals surface area (Å²) in [6.07, 6.45) is 7.14. The summed E-state index contributed by atoms with van der Waals surface area (Å²) in [7, 11) is -0.146. The molecule has 7 aromatic heterocycles. The molecule has 3 fully saturated rings. The zero-order valence-corrected chi connectivity index (χ0v) is 47.8. The fourth-order valence-corrected chi connectivity index (χ4v) is 38.1. The van der Waals surface area contributed by atoms with Crippen LogP contribution in [0.3, 0.4) is 0 Å². The number of hydrogen-bond donors (Lipinski definition) is 2. The van der Waals surface area contributed by atoms with Gasteiger partial charge in [-0.05, 0) is 137 Å². The van der Waals surface area contributed by atoms with Crippen LogP contribution in [0.2, 0.25) is 36.3 Å². The Bertz CT molecular complexity index is 3320. The summed E-state index contributed by atoms with van der Waals surface area (Å²) in [6.45, 7) is 9.47. The Morgan fingerprint density at radius 2 is 1.19 bits per heavy atom. The summed E-state index contributed by atoms with van der Waals surface area (Å²) in [6, 6.07) is 30.6. The van der Waals surface area contributed by atoms with Crippen LogP contribution in [0.4, 0.5) is 10.0 Å². The number of anilines is 2. The third-order valence-corrected chi connectivity index (χ3v) is 40.9. The van der Waals surface area contributed by atoms with E-state index in [4.69, 9.17) is 16.7 Å². The molecule has 0 radical (unpaired) electrons. The first kappa shape index (κ1) is 46.0. The van der Waals surface area contributed by atoms with Crippen molar-refractivity contribution in [2.24, 2.45) is 0 Å². The zero-order chi connectivity index (χ0) is 46.5. The molecule has 0 unspecified atom stereocenters. The highest BCUT2D eigenvalue weighted by atomic mass is 79.9. The van der Waals surface area contributed by atoms with Crippen molar-refractivity contribution in [2.45, 2.75) is 55.5 Å². The van der Waals surface area contributed by atoms with Crippen molar-refractivity contribution in [2.75, 3.05) is 50.2 Å². The predicted molar refractivity (Wildman–Crippen MR) is 309 cm³/mol. The number of thiazole rings is 1. The molecule has 6 aliphatic heterocycles. The van der Waals surface area contributed by atoms with Gasteiger partial charge in [-0.25, -0.2) is 9.83 Å². The number of benzene rings is 1. The van der Waals surface area contributed by atoms with Gasteiger partial charge in [0.05, 0.1) is 48.7 Å². The molecular formula is C50H47BrN4O3S7Si3. The molecule has 18 heteroatoms. The molecule has 14 rings (SSSR count). The van der Waals surface area contributed by atoms with E-state index in [-0.39, 0.29) is 13.2 Å². The number of nitrogens with zero attached hydrogens (tertiary/aromatic N) is 4. The van der Waals surface area contributed by atoms with E-state index in [9.17, 15) is 9.90 Å². The number of rotatable bonds is 9. The number of halogens is 1. The lowest BCUT2D eigenvalue weighted by molar-refractivity contribution is 0.112. The van der Waals surface area contributed by atoms with Crippen molar-refractivity contribution in [3.8, 4) is 29.3 Å². The number of carbonyl (C=O) groups is 1. The Labute approximate surface area is 435 Å². The van der Waals surface area contributed by atoms with Crippen LogP contribution in [-0.4, -0.2) is 86.1 Å². The second-order valence-corrected chi connectivity index (χ2v) is 40.1. The van der Waals surface area contributed by atoms with Gasteiger partial charge >= 0.3 is 0 Å². The number of fused-ring (bicyclic) bond motifs is 16. The first-order chi connectivity index (χ1) is 33.1. The van der Waals surface area contributed by atoms with Gasteiger partial charge in [0.1, 0.15) is 29.2 Å². The number of aromatic nitrogens is 1. The standard InChI is InChI=1S/C24H21N3OS3Si.C15H17NO2S2Si.C11H9BrS2Si/c1-25-17(24-26-16-6-3-4-7-18(16)30-24)12-15-13-19-22(29-15)23-20(32(19)10-5-11-32)14-21(31-23)27(2)8-9-28;1-16(3-4-17)13-8-12-15(20-13)14-11(7-10(9-18)19-14)21(12)5-2-6-21;12-9-6-8-11(14-9)10-7(2-3-13-10)15(8)4-1-5-15/h3-4,6-7,12-14,28H,5,8-11H2,2H3;7-9,17H,2-6H2,1H3;2-3,6H,1,4-5H2/b17-12-;;. The Hall–Kier alpha value is -3.14. The monoisotopic (exact) mass is 1140 g/mol. The molecule has 13 heterocycles. The first-order valence-electron chi connectivity index (χ1n) is 23.1. The minimum atomic E-state index is -1.60. The second-order valence-electron chi connectivity index (χ2n) is 18.7. The number of hydrogen-bond acceptors (Lipinski definition) is 13. The van der Waals surface area contributed by atoms with Gasteiger partial charge in [-0.3, -0.25) is 4.79 Å². The van der Waals surface area contributed by atoms with Crippen molar-refractivity contribution < 1.29 is 15.0 Å². The Kier molecular flexibility index (Phi) is 12.1. The van der Waals surface area contributed by atoms with Crippen molar-refractivity contribution in [1.29, 1.82) is 0 Å². The maximum Gasteiger partial charge on any atom is 0.223 e. The quantitative estimate of drug-likeness (QED) is 0.0852. The number of aliphatic hydroxyl groups is 2. The minimum Gasteiger partial charge on any atom is -0.395 e. The molecule has 3 saturated heterocycles. The van der Waals surface area contributed by atoms with Gasteiger partial charge in [0, 0.05) is 61.3 Å². The van der Waals surface area contributed by atoms with Crippen molar-refractivity contribution in [3.63, 3.8) is 0 Å². The van der Waals surface area contributed by atoms with Crippen LogP contribution in [-0.2, 0) is 0 Å². The number of likely N-dealkylation sites (N-methyl/N-ethyl adjacent to an activating group) is 2. The topological polar surface area (TPSA) is 81.3 Å². The maximum atomic E-state index is 11.1. The van der Waals surface area contributed by atoms with Crippen LogP contribution in [0, 0.1) is 6.57 Å². The van der Waals surface area contributed by atoms with Crippen LogP contribution in [0.5, 0.6) is 0 Å². The van der Waals surface area contributed by atoms with Crippen LogP contribution in [0.25, 0.3) is 56.1 Å². The molecule has 0 aliphatic carbocycles. The summed E-state index contributed by atoms with van der Waals surface area (Å²) in [5.74, 6) is 0. The van der Waals surface area contributed by atoms with Gasteiger partial charge in [-0.2, -0.15) is 0 Å². The molecule has 1 aromatic carbocycles. The highest BCUT2D eigenvalue weighted by Gasteiger charge is 2.54. The number of carbonyl (C=O) groups excluding carboxylic acids is 1. The van der Waals surface area contributed by atoms with Crippen LogP contribution < -0.4 is 40.9 Å². The lowest BCUT2D eigenvalue weighted by atomic mass is 10.3. The molecule has 0 atom stereocenters. The Balaban J connectivity index is 0.000000114. The highest BCUT2D eigenvalue weighted by molar-refractivity contribution is 9.11. The third-order valence-electron chi connectivity index (χ3n) is 15.3. The van der Waals surface area contributed by atoms with Gasteiger partial charge < -0.3 is 20.0 Å².